The molecule has 1 aromatic carbocycles. The van der Waals surface area contributed by atoms with Gasteiger partial charge in [-0.1, -0.05) is 18.8 Å². The Hall–Kier alpha value is -1.90. The van der Waals surface area contributed by atoms with Crippen LogP contribution in [-0.4, -0.2) is 37.4 Å². The van der Waals surface area contributed by atoms with Crippen molar-refractivity contribution in [2.75, 3.05) is 26.4 Å². The highest BCUT2D eigenvalue weighted by molar-refractivity contribution is 5.96. The molecule has 0 heterocycles. The predicted octanol–water partition coefficient (Wildman–Crippen LogP) is 1.72. The highest BCUT2D eigenvalue weighted by Gasteiger charge is 2.11. The SMILES string of the molecule is CCCOCCCNC(=O)c1cc(F)ccc1C#CCO. The number of aliphatic hydroxyl groups excluding tert-OH is 1. The molecule has 0 aliphatic carbocycles. The minimum atomic E-state index is -0.499. The lowest BCUT2D eigenvalue weighted by molar-refractivity contribution is 0.0940. The third-order valence-electron chi connectivity index (χ3n) is 2.63. The molecule has 0 aliphatic heterocycles. The average Bonchev–Trinajstić information content (AvgIpc) is 2.49. The Labute approximate surface area is 124 Å². The number of carbonyl (C=O) groups excluding carboxylic acids is 1. The van der Waals surface area contributed by atoms with Crippen LogP contribution in [-0.2, 0) is 4.74 Å². The van der Waals surface area contributed by atoms with E-state index in [1.165, 1.54) is 12.1 Å². The lowest BCUT2D eigenvalue weighted by Crippen LogP contribution is -2.26. The van der Waals surface area contributed by atoms with Gasteiger partial charge >= 0.3 is 0 Å². The second kappa shape index (κ2) is 9.92. The maximum absolute atomic E-state index is 13.3. The zero-order valence-corrected chi connectivity index (χ0v) is 12.1. The van der Waals surface area contributed by atoms with Gasteiger partial charge < -0.3 is 15.2 Å². The molecule has 1 amide bonds. The van der Waals surface area contributed by atoms with E-state index in [0.29, 0.717) is 31.7 Å². The third-order valence-corrected chi connectivity index (χ3v) is 2.63. The zero-order valence-electron chi connectivity index (χ0n) is 12.1. The summed E-state index contributed by atoms with van der Waals surface area (Å²) in [5.41, 5.74) is 0.565. The molecular formula is C16H20FNO3. The summed E-state index contributed by atoms with van der Waals surface area (Å²) in [7, 11) is 0. The van der Waals surface area contributed by atoms with E-state index in [1.807, 2.05) is 6.92 Å². The van der Waals surface area contributed by atoms with Crippen LogP contribution in [0.5, 0.6) is 0 Å². The standard InChI is InChI=1S/C16H20FNO3/c1-2-10-21-11-4-8-18-16(20)15-12-14(17)7-6-13(15)5-3-9-19/h6-7,12,19H,2,4,8-11H2,1H3,(H,18,20). The third kappa shape index (κ3) is 6.39. The molecule has 0 unspecified atom stereocenters. The van der Waals surface area contributed by atoms with Gasteiger partial charge in [-0.15, -0.1) is 0 Å². The summed E-state index contributed by atoms with van der Waals surface area (Å²) in [6.45, 7) is 3.45. The van der Waals surface area contributed by atoms with Crippen LogP contribution in [0.1, 0.15) is 35.7 Å². The molecule has 5 heteroatoms. The normalized spacial score (nSPS) is 9.86. The molecule has 0 aromatic heterocycles. The van der Waals surface area contributed by atoms with Crippen LogP contribution in [0.2, 0.25) is 0 Å². The maximum atomic E-state index is 13.3. The first-order chi connectivity index (χ1) is 10.2. The van der Waals surface area contributed by atoms with Crippen molar-refractivity contribution >= 4 is 5.91 Å². The molecule has 4 nitrogen and oxygen atoms in total. The Bertz CT molecular complexity index is 520. The number of rotatable bonds is 7. The van der Waals surface area contributed by atoms with Crippen molar-refractivity contribution in [1.82, 2.24) is 5.32 Å². The lowest BCUT2D eigenvalue weighted by Gasteiger charge is -2.07. The molecule has 2 N–H and O–H groups in total. The number of aliphatic hydroxyl groups is 1. The van der Waals surface area contributed by atoms with Gasteiger partial charge in [0.05, 0.1) is 5.56 Å². The summed E-state index contributed by atoms with van der Waals surface area (Å²) in [5.74, 6) is 4.21. The lowest BCUT2D eigenvalue weighted by atomic mass is 10.1. The van der Waals surface area contributed by atoms with E-state index in [0.717, 1.165) is 12.5 Å². The van der Waals surface area contributed by atoms with Crippen LogP contribution in [0.15, 0.2) is 18.2 Å². The summed E-state index contributed by atoms with van der Waals surface area (Å²) in [5, 5.41) is 11.4. The van der Waals surface area contributed by atoms with E-state index in [2.05, 4.69) is 17.2 Å². The van der Waals surface area contributed by atoms with Crippen LogP contribution < -0.4 is 5.32 Å². The Morgan fingerprint density at radius 2 is 2.24 bits per heavy atom. The fraction of sp³-hybridized carbons (Fsp3) is 0.438. The molecule has 0 spiro atoms. The van der Waals surface area contributed by atoms with E-state index in [9.17, 15) is 9.18 Å². The van der Waals surface area contributed by atoms with Crippen LogP contribution in [0.4, 0.5) is 4.39 Å². The van der Waals surface area contributed by atoms with Crippen molar-refractivity contribution in [3.63, 3.8) is 0 Å². The predicted molar refractivity (Wildman–Crippen MR) is 78.4 cm³/mol. The Kier molecular flexibility index (Phi) is 8.10. The average molecular weight is 293 g/mol. The molecule has 0 atom stereocenters. The molecule has 1 rings (SSSR count). The number of halogens is 1. The summed E-state index contributed by atoms with van der Waals surface area (Å²) in [4.78, 5) is 12.0. The highest BCUT2D eigenvalue weighted by Crippen LogP contribution is 2.10. The number of ether oxygens (including phenoxy) is 1. The quantitative estimate of drug-likeness (QED) is 0.594. The largest absolute Gasteiger partial charge is 0.384 e. The topological polar surface area (TPSA) is 58.6 Å². The second-order valence-corrected chi connectivity index (χ2v) is 4.37. The highest BCUT2D eigenvalue weighted by atomic mass is 19.1. The molecule has 0 aliphatic rings. The van der Waals surface area contributed by atoms with Crippen molar-refractivity contribution in [2.45, 2.75) is 19.8 Å². The summed E-state index contributed by atoms with van der Waals surface area (Å²) in [6, 6.07) is 3.80. The summed E-state index contributed by atoms with van der Waals surface area (Å²) < 4.78 is 18.6. The fourth-order valence-corrected chi connectivity index (χ4v) is 1.67. The Balaban J connectivity index is 2.58. The number of nitrogens with one attached hydrogen (secondary N) is 1. The van der Waals surface area contributed by atoms with Gasteiger partial charge in [0, 0.05) is 25.3 Å². The van der Waals surface area contributed by atoms with Crippen LogP contribution in [0, 0.1) is 17.7 Å². The molecule has 0 saturated carbocycles. The number of hydrogen-bond donors (Lipinski definition) is 2. The van der Waals surface area contributed by atoms with Crippen molar-refractivity contribution in [3.05, 3.63) is 35.1 Å². The van der Waals surface area contributed by atoms with Crippen LogP contribution in [0.3, 0.4) is 0 Å². The van der Waals surface area contributed by atoms with E-state index in [4.69, 9.17) is 9.84 Å². The van der Waals surface area contributed by atoms with Crippen LogP contribution >= 0.6 is 0 Å². The molecule has 1 aromatic rings. The monoisotopic (exact) mass is 293 g/mol. The van der Waals surface area contributed by atoms with Gasteiger partial charge in [-0.25, -0.2) is 4.39 Å². The van der Waals surface area contributed by atoms with E-state index in [1.54, 1.807) is 0 Å². The molecule has 0 bridgehead atoms. The van der Waals surface area contributed by atoms with Gasteiger partial charge in [0.15, 0.2) is 0 Å². The van der Waals surface area contributed by atoms with E-state index >= 15 is 0 Å². The van der Waals surface area contributed by atoms with Crippen molar-refractivity contribution < 1.29 is 19.0 Å². The van der Waals surface area contributed by atoms with Crippen molar-refractivity contribution in [2.24, 2.45) is 0 Å². The van der Waals surface area contributed by atoms with E-state index < -0.39 is 5.82 Å². The zero-order chi connectivity index (χ0) is 15.5. The first kappa shape index (κ1) is 17.2. The van der Waals surface area contributed by atoms with Gasteiger partial charge in [0.2, 0.25) is 0 Å². The first-order valence-electron chi connectivity index (χ1n) is 6.94. The Morgan fingerprint density at radius 1 is 1.43 bits per heavy atom. The summed E-state index contributed by atoms with van der Waals surface area (Å²) >= 11 is 0. The Morgan fingerprint density at radius 3 is 2.95 bits per heavy atom. The smallest absolute Gasteiger partial charge is 0.252 e. The number of hydrogen-bond acceptors (Lipinski definition) is 3. The molecule has 114 valence electrons. The van der Waals surface area contributed by atoms with E-state index in [-0.39, 0.29) is 18.1 Å². The van der Waals surface area contributed by atoms with Crippen molar-refractivity contribution in [1.29, 1.82) is 0 Å². The molecule has 0 fully saturated rings. The van der Waals surface area contributed by atoms with Gasteiger partial charge in [-0.3, -0.25) is 4.79 Å². The van der Waals surface area contributed by atoms with Crippen LogP contribution in [0.25, 0.3) is 0 Å². The van der Waals surface area contributed by atoms with Gasteiger partial charge in [0.25, 0.3) is 5.91 Å². The number of carbonyl (C=O) groups is 1. The fourth-order valence-electron chi connectivity index (χ4n) is 1.67. The van der Waals surface area contributed by atoms with Crippen molar-refractivity contribution in [3.8, 4) is 11.8 Å². The number of benzene rings is 1. The van der Waals surface area contributed by atoms with Gasteiger partial charge in [-0.05, 0) is 31.0 Å². The minimum Gasteiger partial charge on any atom is -0.384 e. The molecular weight excluding hydrogens is 273 g/mol. The van der Waals surface area contributed by atoms with Gasteiger partial charge in [0.1, 0.15) is 12.4 Å². The second-order valence-electron chi connectivity index (χ2n) is 4.37. The molecule has 0 radical (unpaired) electrons. The van der Waals surface area contributed by atoms with Gasteiger partial charge in [-0.2, -0.15) is 0 Å². The maximum Gasteiger partial charge on any atom is 0.252 e. The molecule has 21 heavy (non-hydrogen) atoms. The molecule has 0 saturated heterocycles. The summed E-state index contributed by atoms with van der Waals surface area (Å²) in [6.07, 6.45) is 1.65. The number of amides is 1. The minimum absolute atomic E-state index is 0.172. The first-order valence-corrected chi connectivity index (χ1v) is 6.94.